The van der Waals surface area contributed by atoms with Gasteiger partial charge in [0.25, 0.3) is 5.56 Å². The van der Waals surface area contributed by atoms with Gasteiger partial charge >= 0.3 is 5.97 Å². The third-order valence-electron chi connectivity index (χ3n) is 2.23. The molecule has 2 aromatic rings. The summed E-state index contributed by atoms with van der Waals surface area (Å²) in [7, 11) is 0. The topological polar surface area (TPSA) is 95.9 Å². The normalized spacial score (nSPS) is 10.4. The number of nitrogens with zero attached hydrogens (tertiary/aromatic N) is 2. The minimum Gasteiger partial charge on any atom is -0.478 e. The van der Waals surface area contributed by atoms with Gasteiger partial charge in [0.2, 0.25) is 0 Å². The Bertz CT molecular complexity index is 697. The lowest BCUT2D eigenvalue weighted by Gasteiger charge is -2.04. The second kappa shape index (κ2) is 5.23. The molecule has 0 fully saturated rings. The molecule has 2 aromatic heterocycles. The Morgan fingerprint density at radius 2 is 1.89 bits per heavy atom. The lowest BCUT2D eigenvalue weighted by molar-refractivity contribution is 0.0696. The average molecular weight is 277 g/mol. The highest BCUT2D eigenvalue weighted by Gasteiger charge is 2.09. The van der Waals surface area contributed by atoms with Crippen LogP contribution in [0, 0.1) is 13.8 Å². The van der Waals surface area contributed by atoms with Crippen molar-refractivity contribution in [2.45, 2.75) is 24.0 Å². The van der Waals surface area contributed by atoms with Crippen molar-refractivity contribution in [3.63, 3.8) is 0 Å². The van der Waals surface area contributed by atoms with E-state index >= 15 is 0 Å². The summed E-state index contributed by atoms with van der Waals surface area (Å²) >= 11 is 1.12. The van der Waals surface area contributed by atoms with Crippen molar-refractivity contribution in [1.29, 1.82) is 0 Å². The van der Waals surface area contributed by atoms with Gasteiger partial charge in [0.1, 0.15) is 5.03 Å². The number of aromatic amines is 1. The Morgan fingerprint density at radius 3 is 2.53 bits per heavy atom. The molecule has 0 aliphatic carbocycles. The number of carboxylic acid groups (broad SMARTS) is 1. The number of pyridine rings is 1. The molecule has 0 aliphatic heterocycles. The van der Waals surface area contributed by atoms with Crippen LogP contribution in [0.15, 0.2) is 33.2 Å². The predicted molar refractivity (Wildman–Crippen MR) is 69.7 cm³/mol. The molecule has 0 saturated carbocycles. The van der Waals surface area contributed by atoms with Crippen LogP contribution in [-0.2, 0) is 0 Å². The Morgan fingerprint density at radius 1 is 1.21 bits per heavy atom. The second-order valence-electron chi connectivity index (χ2n) is 3.93. The number of carboxylic acids is 1. The van der Waals surface area contributed by atoms with E-state index in [9.17, 15) is 9.59 Å². The zero-order valence-corrected chi connectivity index (χ0v) is 11.1. The van der Waals surface area contributed by atoms with E-state index in [0.29, 0.717) is 21.6 Å². The van der Waals surface area contributed by atoms with Gasteiger partial charge in [0, 0.05) is 17.5 Å². The van der Waals surface area contributed by atoms with Gasteiger partial charge in [-0.1, -0.05) is 0 Å². The summed E-state index contributed by atoms with van der Waals surface area (Å²) < 4.78 is 0. The van der Waals surface area contributed by atoms with Crippen LogP contribution in [0.25, 0.3) is 0 Å². The van der Waals surface area contributed by atoms with Gasteiger partial charge in [-0.05, 0) is 37.7 Å². The van der Waals surface area contributed by atoms with Gasteiger partial charge < -0.3 is 10.1 Å². The number of nitrogens with one attached hydrogen (secondary N) is 1. The lowest BCUT2D eigenvalue weighted by atomic mass is 10.2. The maximum absolute atomic E-state index is 11.3. The number of carbonyl (C=O) groups is 1. The van der Waals surface area contributed by atoms with Gasteiger partial charge in [0.15, 0.2) is 5.16 Å². The average Bonchev–Trinajstić information content (AvgIpc) is 2.26. The van der Waals surface area contributed by atoms with E-state index in [2.05, 4.69) is 15.0 Å². The minimum absolute atomic E-state index is 0.157. The zero-order valence-electron chi connectivity index (χ0n) is 10.3. The molecule has 7 heteroatoms. The summed E-state index contributed by atoms with van der Waals surface area (Å²) in [6.07, 6.45) is 0. The molecule has 0 unspecified atom stereocenters. The molecule has 0 bridgehead atoms. The number of aromatic nitrogens is 3. The van der Waals surface area contributed by atoms with Crippen LogP contribution in [0.1, 0.15) is 21.7 Å². The molecule has 0 spiro atoms. The van der Waals surface area contributed by atoms with Crippen LogP contribution < -0.4 is 5.56 Å². The van der Waals surface area contributed by atoms with Gasteiger partial charge in [-0.15, -0.1) is 0 Å². The highest BCUT2D eigenvalue weighted by molar-refractivity contribution is 7.99. The van der Waals surface area contributed by atoms with Gasteiger partial charge in [-0.25, -0.2) is 14.8 Å². The minimum atomic E-state index is -1.02. The van der Waals surface area contributed by atoms with Crippen molar-refractivity contribution in [2.24, 2.45) is 0 Å². The van der Waals surface area contributed by atoms with E-state index in [1.54, 1.807) is 13.8 Å². The molecule has 2 heterocycles. The fourth-order valence-corrected chi connectivity index (χ4v) is 2.43. The predicted octanol–water partition coefficient (Wildman–Crippen LogP) is 1.63. The molecule has 2 N–H and O–H groups in total. The molecule has 98 valence electrons. The molecular weight excluding hydrogens is 266 g/mol. The largest absolute Gasteiger partial charge is 0.478 e. The molecule has 0 aromatic carbocycles. The molecule has 0 amide bonds. The SMILES string of the molecule is Cc1cc(C(=O)O)cc(Sc2nc(C)cc(=O)[nH]2)n1. The quantitative estimate of drug-likeness (QED) is 0.828. The molecule has 6 nitrogen and oxygen atoms in total. The highest BCUT2D eigenvalue weighted by atomic mass is 32.2. The first-order chi connectivity index (χ1) is 8.94. The Kier molecular flexibility index (Phi) is 3.66. The van der Waals surface area contributed by atoms with E-state index in [1.165, 1.54) is 18.2 Å². The van der Waals surface area contributed by atoms with Crippen molar-refractivity contribution in [2.75, 3.05) is 0 Å². The second-order valence-corrected chi connectivity index (χ2v) is 4.94. The standard InChI is InChI=1S/C12H11N3O3S/c1-6-3-8(11(17)18)5-10(13-6)19-12-14-7(2)4-9(16)15-12/h3-5H,1-2H3,(H,17,18)(H,14,15,16). The van der Waals surface area contributed by atoms with Crippen molar-refractivity contribution in [3.8, 4) is 0 Å². The highest BCUT2D eigenvalue weighted by Crippen LogP contribution is 2.23. The first-order valence-electron chi connectivity index (χ1n) is 5.42. The molecule has 0 saturated heterocycles. The Hall–Kier alpha value is -2.15. The smallest absolute Gasteiger partial charge is 0.335 e. The van der Waals surface area contributed by atoms with Crippen LogP contribution in [0.2, 0.25) is 0 Å². The van der Waals surface area contributed by atoms with Crippen LogP contribution in [0.4, 0.5) is 0 Å². The van der Waals surface area contributed by atoms with Crippen LogP contribution in [-0.4, -0.2) is 26.0 Å². The molecule has 0 radical (unpaired) electrons. The molecule has 19 heavy (non-hydrogen) atoms. The van der Waals surface area contributed by atoms with Crippen molar-refractivity contribution < 1.29 is 9.90 Å². The summed E-state index contributed by atoms with van der Waals surface area (Å²) in [6, 6.07) is 4.32. The van der Waals surface area contributed by atoms with Crippen molar-refractivity contribution in [1.82, 2.24) is 15.0 Å². The maximum Gasteiger partial charge on any atom is 0.335 e. The molecule has 0 aliphatic rings. The number of aryl methyl sites for hydroxylation is 2. The number of hydrogen-bond donors (Lipinski definition) is 2. The molecular formula is C12H11N3O3S. The van der Waals surface area contributed by atoms with Crippen LogP contribution in [0.5, 0.6) is 0 Å². The Labute approximate surface area is 112 Å². The Balaban J connectivity index is 2.37. The number of hydrogen-bond acceptors (Lipinski definition) is 5. The summed E-state index contributed by atoms with van der Waals surface area (Å²) in [5, 5.41) is 9.84. The summed E-state index contributed by atoms with van der Waals surface area (Å²) in [4.78, 5) is 33.2. The van der Waals surface area contributed by atoms with E-state index in [4.69, 9.17) is 5.11 Å². The van der Waals surface area contributed by atoms with Crippen molar-refractivity contribution in [3.05, 3.63) is 45.5 Å². The first-order valence-corrected chi connectivity index (χ1v) is 6.23. The first kappa shape index (κ1) is 13.3. The van der Waals surface area contributed by atoms with Gasteiger partial charge in [-0.2, -0.15) is 0 Å². The summed E-state index contributed by atoms with van der Waals surface area (Å²) in [6.45, 7) is 3.43. The van der Waals surface area contributed by atoms with Crippen LogP contribution >= 0.6 is 11.8 Å². The van der Waals surface area contributed by atoms with Gasteiger partial charge in [0.05, 0.1) is 5.56 Å². The fourth-order valence-electron chi connectivity index (χ4n) is 1.51. The zero-order chi connectivity index (χ0) is 14.0. The van der Waals surface area contributed by atoms with E-state index in [-0.39, 0.29) is 11.1 Å². The number of aromatic carboxylic acids is 1. The summed E-state index contributed by atoms with van der Waals surface area (Å²) in [5.41, 5.74) is 1.10. The molecule has 0 atom stereocenters. The van der Waals surface area contributed by atoms with Crippen molar-refractivity contribution >= 4 is 17.7 Å². The fraction of sp³-hybridized carbons (Fsp3) is 0.167. The molecule has 2 rings (SSSR count). The van der Waals surface area contributed by atoms with E-state index in [1.807, 2.05) is 0 Å². The summed E-state index contributed by atoms with van der Waals surface area (Å²) in [5.74, 6) is -1.02. The lowest BCUT2D eigenvalue weighted by Crippen LogP contribution is -2.08. The van der Waals surface area contributed by atoms with Crippen LogP contribution in [0.3, 0.4) is 0 Å². The maximum atomic E-state index is 11.3. The number of rotatable bonds is 3. The number of H-pyrrole nitrogens is 1. The van der Waals surface area contributed by atoms with E-state index in [0.717, 1.165) is 11.8 Å². The van der Waals surface area contributed by atoms with E-state index < -0.39 is 5.97 Å². The third kappa shape index (κ3) is 3.41. The monoisotopic (exact) mass is 277 g/mol. The van der Waals surface area contributed by atoms with Gasteiger partial charge in [-0.3, -0.25) is 4.79 Å². The third-order valence-corrected chi connectivity index (χ3v) is 3.03.